The molecule has 18 heavy (non-hydrogen) atoms. The molecule has 0 radical (unpaired) electrons. The van der Waals surface area contributed by atoms with Crippen molar-refractivity contribution in [2.75, 3.05) is 13.2 Å². The number of nitrogens with zero attached hydrogens (tertiary/aromatic N) is 1. The Bertz CT molecular complexity index is 571. The largest absolute Gasteiger partial charge is 0.480 e. The predicted molar refractivity (Wildman–Crippen MR) is 71.6 cm³/mol. The Kier molecular flexibility index (Phi) is 4.15. The van der Waals surface area contributed by atoms with E-state index in [2.05, 4.69) is 20.9 Å². The third kappa shape index (κ3) is 3.20. The Morgan fingerprint density at radius 3 is 3.00 bits per heavy atom. The highest BCUT2D eigenvalue weighted by molar-refractivity contribution is 9.10. The molecule has 0 unspecified atom stereocenters. The maximum atomic E-state index is 11.2. The number of pyridine rings is 1. The number of fused-ring (bicyclic) bond motifs is 1. The van der Waals surface area contributed by atoms with Gasteiger partial charge in [-0.05, 0) is 31.2 Å². The molecule has 0 aliphatic heterocycles. The summed E-state index contributed by atoms with van der Waals surface area (Å²) in [6.45, 7) is 2.01. The van der Waals surface area contributed by atoms with Gasteiger partial charge in [0.1, 0.15) is 5.75 Å². The number of halogens is 1. The SMILES string of the molecule is CCOC(=O)COc1cnc2ccc(Br)cc2c1. The third-order valence-electron chi connectivity index (χ3n) is 2.28. The van der Waals surface area contributed by atoms with E-state index in [0.717, 1.165) is 15.4 Å². The van der Waals surface area contributed by atoms with Gasteiger partial charge in [0.15, 0.2) is 6.61 Å². The first kappa shape index (κ1) is 12.8. The lowest BCUT2D eigenvalue weighted by Gasteiger charge is -2.06. The number of benzene rings is 1. The molecule has 0 atom stereocenters. The molecule has 1 aromatic heterocycles. The summed E-state index contributed by atoms with van der Waals surface area (Å²) in [4.78, 5) is 15.4. The highest BCUT2D eigenvalue weighted by Gasteiger charge is 2.04. The molecule has 0 aliphatic rings. The van der Waals surface area contributed by atoms with E-state index in [1.165, 1.54) is 0 Å². The van der Waals surface area contributed by atoms with Crippen LogP contribution in [0.3, 0.4) is 0 Å². The fraction of sp³-hybridized carbons (Fsp3) is 0.231. The van der Waals surface area contributed by atoms with Gasteiger partial charge in [-0.15, -0.1) is 0 Å². The Hall–Kier alpha value is -1.62. The number of rotatable bonds is 4. The molecular formula is C13H12BrNO3. The summed E-state index contributed by atoms with van der Waals surface area (Å²) in [6.07, 6.45) is 1.59. The van der Waals surface area contributed by atoms with Gasteiger partial charge in [0.2, 0.25) is 0 Å². The average molecular weight is 310 g/mol. The lowest BCUT2D eigenvalue weighted by Crippen LogP contribution is -2.14. The van der Waals surface area contributed by atoms with E-state index in [1.54, 1.807) is 13.1 Å². The number of aromatic nitrogens is 1. The van der Waals surface area contributed by atoms with Gasteiger partial charge >= 0.3 is 5.97 Å². The van der Waals surface area contributed by atoms with Gasteiger partial charge in [-0.2, -0.15) is 0 Å². The van der Waals surface area contributed by atoms with Crippen LogP contribution in [0.5, 0.6) is 5.75 Å². The van der Waals surface area contributed by atoms with Crippen molar-refractivity contribution < 1.29 is 14.3 Å². The highest BCUT2D eigenvalue weighted by atomic mass is 79.9. The van der Waals surface area contributed by atoms with E-state index < -0.39 is 0 Å². The van der Waals surface area contributed by atoms with Crippen molar-refractivity contribution in [1.82, 2.24) is 4.98 Å². The molecule has 94 valence electrons. The quantitative estimate of drug-likeness (QED) is 0.815. The van der Waals surface area contributed by atoms with Gasteiger partial charge in [0, 0.05) is 9.86 Å². The van der Waals surface area contributed by atoms with Crippen LogP contribution in [0.1, 0.15) is 6.92 Å². The number of carbonyl (C=O) groups is 1. The van der Waals surface area contributed by atoms with Crippen molar-refractivity contribution in [3.05, 3.63) is 34.9 Å². The summed E-state index contributed by atoms with van der Waals surface area (Å²) < 4.78 is 11.1. The van der Waals surface area contributed by atoms with Crippen LogP contribution in [-0.4, -0.2) is 24.2 Å². The second-order valence-electron chi connectivity index (χ2n) is 3.60. The Morgan fingerprint density at radius 2 is 2.22 bits per heavy atom. The molecule has 0 saturated carbocycles. The molecular weight excluding hydrogens is 298 g/mol. The molecule has 0 saturated heterocycles. The second-order valence-corrected chi connectivity index (χ2v) is 4.52. The summed E-state index contributed by atoms with van der Waals surface area (Å²) >= 11 is 3.40. The minimum absolute atomic E-state index is 0.102. The zero-order valence-electron chi connectivity index (χ0n) is 9.85. The lowest BCUT2D eigenvalue weighted by molar-refractivity contribution is -0.145. The van der Waals surface area contributed by atoms with Gasteiger partial charge in [0.25, 0.3) is 0 Å². The summed E-state index contributed by atoms with van der Waals surface area (Å²) in [5.74, 6) is 0.167. The van der Waals surface area contributed by atoms with E-state index >= 15 is 0 Å². The highest BCUT2D eigenvalue weighted by Crippen LogP contribution is 2.22. The van der Waals surface area contributed by atoms with Crippen LogP contribution in [-0.2, 0) is 9.53 Å². The molecule has 0 spiro atoms. The number of ether oxygens (including phenoxy) is 2. The molecule has 0 amide bonds. The third-order valence-corrected chi connectivity index (χ3v) is 2.77. The first-order valence-corrected chi connectivity index (χ1v) is 6.32. The molecule has 4 nitrogen and oxygen atoms in total. The molecule has 1 aromatic carbocycles. The Labute approximate surface area is 113 Å². The number of esters is 1. The number of hydrogen-bond donors (Lipinski definition) is 0. The maximum Gasteiger partial charge on any atom is 0.344 e. The molecule has 0 fully saturated rings. The molecule has 0 aliphatic carbocycles. The van der Waals surface area contributed by atoms with Gasteiger partial charge in [-0.3, -0.25) is 4.98 Å². The maximum absolute atomic E-state index is 11.2. The minimum atomic E-state index is -0.383. The smallest absolute Gasteiger partial charge is 0.344 e. The van der Waals surface area contributed by atoms with E-state index in [1.807, 2.05) is 24.3 Å². The van der Waals surface area contributed by atoms with Crippen molar-refractivity contribution in [3.8, 4) is 5.75 Å². The topological polar surface area (TPSA) is 48.4 Å². The normalized spacial score (nSPS) is 10.3. The summed E-state index contributed by atoms with van der Waals surface area (Å²) in [5.41, 5.74) is 0.877. The van der Waals surface area contributed by atoms with Crippen LogP contribution in [0.2, 0.25) is 0 Å². The van der Waals surface area contributed by atoms with Crippen molar-refractivity contribution >= 4 is 32.8 Å². The fourth-order valence-corrected chi connectivity index (χ4v) is 1.88. The van der Waals surface area contributed by atoms with Crippen molar-refractivity contribution in [2.24, 2.45) is 0 Å². The molecule has 5 heteroatoms. The molecule has 1 heterocycles. The number of carbonyl (C=O) groups excluding carboxylic acids is 1. The Balaban J connectivity index is 2.12. The van der Waals surface area contributed by atoms with Crippen molar-refractivity contribution in [1.29, 1.82) is 0 Å². The first-order chi connectivity index (χ1) is 8.69. The zero-order valence-corrected chi connectivity index (χ0v) is 11.4. The van der Waals surface area contributed by atoms with Gasteiger partial charge in [-0.25, -0.2) is 4.79 Å². The standard InChI is InChI=1S/C13H12BrNO3/c1-2-17-13(16)8-18-11-6-9-5-10(14)3-4-12(9)15-7-11/h3-7H,2,8H2,1H3. The van der Waals surface area contributed by atoms with Crippen LogP contribution >= 0.6 is 15.9 Å². The summed E-state index contributed by atoms with van der Waals surface area (Å²) in [6, 6.07) is 7.62. The lowest BCUT2D eigenvalue weighted by atomic mass is 10.2. The zero-order chi connectivity index (χ0) is 13.0. The number of hydrogen-bond acceptors (Lipinski definition) is 4. The van der Waals surface area contributed by atoms with Crippen molar-refractivity contribution in [3.63, 3.8) is 0 Å². The van der Waals surface area contributed by atoms with Crippen LogP contribution < -0.4 is 4.74 Å². The monoisotopic (exact) mass is 309 g/mol. The van der Waals surface area contributed by atoms with Crippen LogP contribution in [0, 0.1) is 0 Å². The predicted octanol–water partition coefficient (Wildman–Crippen LogP) is 2.94. The summed E-state index contributed by atoms with van der Waals surface area (Å²) in [5, 5.41) is 0.950. The summed E-state index contributed by atoms with van der Waals surface area (Å²) in [7, 11) is 0. The van der Waals surface area contributed by atoms with E-state index in [0.29, 0.717) is 12.4 Å². The van der Waals surface area contributed by atoms with Crippen molar-refractivity contribution in [2.45, 2.75) is 6.92 Å². The molecule has 0 bridgehead atoms. The Morgan fingerprint density at radius 1 is 1.39 bits per heavy atom. The van der Waals surface area contributed by atoms with E-state index in [4.69, 9.17) is 9.47 Å². The van der Waals surface area contributed by atoms with Gasteiger partial charge in [-0.1, -0.05) is 15.9 Å². The average Bonchev–Trinajstić information content (AvgIpc) is 2.36. The molecule has 2 rings (SSSR count). The van der Waals surface area contributed by atoms with Gasteiger partial charge in [0.05, 0.1) is 18.3 Å². The van der Waals surface area contributed by atoms with Gasteiger partial charge < -0.3 is 9.47 Å². The van der Waals surface area contributed by atoms with Crippen LogP contribution in [0.15, 0.2) is 34.9 Å². The first-order valence-electron chi connectivity index (χ1n) is 5.53. The van der Waals surface area contributed by atoms with Crippen LogP contribution in [0.25, 0.3) is 10.9 Å². The fourth-order valence-electron chi connectivity index (χ4n) is 1.51. The molecule has 0 N–H and O–H groups in total. The van der Waals surface area contributed by atoms with E-state index in [9.17, 15) is 4.79 Å². The van der Waals surface area contributed by atoms with E-state index in [-0.39, 0.29) is 12.6 Å². The second kappa shape index (κ2) is 5.82. The minimum Gasteiger partial charge on any atom is -0.480 e. The molecule has 2 aromatic rings. The van der Waals surface area contributed by atoms with Crippen LogP contribution in [0.4, 0.5) is 0 Å².